The zero-order valence-electron chi connectivity index (χ0n) is 5.26. The first-order valence-corrected chi connectivity index (χ1v) is 4.48. The van der Waals surface area contributed by atoms with Crippen LogP contribution in [0.4, 0.5) is 0 Å². The zero-order valence-corrected chi connectivity index (χ0v) is 6.15. The van der Waals surface area contributed by atoms with E-state index in [-0.39, 0.29) is 0 Å². The molecule has 0 bridgehead atoms. The first-order chi connectivity index (χ1) is 3.81. The molecule has 0 aromatic heterocycles. The largest absolute Gasteiger partial charge is 0.359 e. The van der Waals surface area contributed by atoms with Gasteiger partial charge in [0, 0.05) is 20.9 Å². The summed E-state index contributed by atoms with van der Waals surface area (Å²) in [4.78, 5) is 9.83. The Labute approximate surface area is 51.1 Å². The van der Waals surface area contributed by atoms with Gasteiger partial charge >= 0.3 is 0 Å². The quantitative estimate of drug-likeness (QED) is 0.427. The van der Waals surface area contributed by atoms with E-state index in [0.29, 0.717) is 6.16 Å². The monoisotopic (exact) mass is 134 g/mol. The molecule has 0 amide bonds. The van der Waals surface area contributed by atoms with Crippen LogP contribution >= 0.6 is 8.15 Å². The summed E-state index contributed by atoms with van der Waals surface area (Å²) in [6.45, 7) is 4.60. The van der Waals surface area contributed by atoms with Crippen LogP contribution in [0.2, 0.25) is 0 Å². The van der Waals surface area contributed by atoms with Crippen LogP contribution in [0.15, 0.2) is 0 Å². The maximum atomic E-state index is 9.83. The summed E-state index contributed by atoms with van der Waals surface area (Å²) in [5.74, 6) is 0. The van der Waals surface area contributed by atoms with E-state index < -0.39 is 8.15 Å². The third-order valence-corrected chi connectivity index (χ3v) is 2.04. The number of hydrogen-bond acceptors (Lipinski definition) is 2. The van der Waals surface area contributed by atoms with Crippen molar-refractivity contribution in [3.63, 3.8) is 0 Å². The second-order valence-corrected chi connectivity index (χ2v) is 3.27. The van der Waals surface area contributed by atoms with E-state index in [1.165, 1.54) is 0 Å². The molecule has 0 radical (unpaired) electrons. The van der Waals surface area contributed by atoms with Crippen LogP contribution < -0.4 is 0 Å². The Kier molecular flexibility index (Phi) is 5.24. The molecule has 3 heteroatoms. The lowest BCUT2D eigenvalue weighted by molar-refractivity contribution is -0.105. The average molecular weight is 134 g/mol. The molecule has 0 spiro atoms. The van der Waals surface area contributed by atoms with Gasteiger partial charge in [0.05, 0.1) is 0 Å². The Balaban J connectivity index is 3.03. The van der Waals surface area contributed by atoms with Crippen molar-refractivity contribution < 1.29 is 9.32 Å². The molecule has 0 saturated heterocycles. The number of aldehydes is 1. The Morgan fingerprint density at radius 2 is 2.38 bits per heavy atom. The first-order valence-electron chi connectivity index (χ1n) is 2.59. The van der Waals surface area contributed by atoms with Gasteiger partial charge in [0.1, 0.15) is 6.29 Å². The minimum atomic E-state index is -0.449. The van der Waals surface area contributed by atoms with Crippen molar-refractivity contribution in [2.75, 3.05) is 19.4 Å². The van der Waals surface area contributed by atoms with Crippen molar-refractivity contribution in [2.24, 2.45) is 0 Å². The minimum absolute atomic E-state index is 0.449. The lowest BCUT2D eigenvalue weighted by atomic mass is 10.9. The molecule has 0 aliphatic carbocycles. The molecule has 0 heterocycles. The highest BCUT2D eigenvalue weighted by Crippen LogP contribution is 2.29. The smallest absolute Gasteiger partial charge is 0.126 e. The van der Waals surface area contributed by atoms with Crippen LogP contribution in [0.25, 0.3) is 0 Å². The number of carbonyl (C=O) groups is 1. The normalized spacial score (nSPS) is 13.2. The third kappa shape index (κ3) is 4.23. The van der Waals surface area contributed by atoms with Crippen molar-refractivity contribution in [3.8, 4) is 0 Å². The van der Waals surface area contributed by atoms with Crippen LogP contribution in [-0.2, 0) is 9.32 Å². The number of hydrogen-bond donors (Lipinski definition) is 0. The van der Waals surface area contributed by atoms with E-state index in [2.05, 4.69) is 0 Å². The molecule has 8 heavy (non-hydrogen) atoms. The Hall–Kier alpha value is 0.0600. The highest BCUT2D eigenvalue weighted by Gasteiger charge is 1.95. The van der Waals surface area contributed by atoms with Gasteiger partial charge in [-0.2, -0.15) is 0 Å². The van der Waals surface area contributed by atoms with Crippen molar-refractivity contribution in [1.29, 1.82) is 0 Å². The molecule has 0 aromatic carbocycles. The van der Waals surface area contributed by atoms with Crippen LogP contribution in [0.1, 0.15) is 6.92 Å². The molecule has 48 valence electrons. The Morgan fingerprint density at radius 3 is 2.75 bits per heavy atom. The fraction of sp³-hybridized carbons (Fsp3) is 0.800. The molecule has 2 nitrogen and oxygen atoms in total. The van der Waals surface area contributed by atoms with Gasteiger partial charge in [-0.1, -0.05) is 0 Å². The predicted octanol–water partition coefficient (Wildman–Crippen LogP) is 1.25. The first kappa shape index (κ1) is 8.06. The lowest BCUT2D eigenvalue weighted by Crippen LogP contribution is -1.88. The lowest BCUT2D eigenvalue weighted by Gasteiger charge is -2.04. The zero-order chi connectivity index (χ0) is 6.41. The minimum Gasteiger partial charge on any atom is -0.359 e. The highest BCUT2D eigenvalue weighted by molar-refractivity contribution is 7.52. The van der Waals surface area contributed by atoms with Crippen LogP contribution in [0.3, 0.4) is 0 Å². The van der Waals surface area contributed by atoms with E-state index >= 15 is 0 Å². The molecule has 0 fully saturated rings. The van der Waals surface area contributed by atoms with Gasteiger partial charge in [-0.25, -0.2) is 0 Å². The van der Waals surface area contributed by atoms with Gasteiger partial charge < -0.3 is 9.32 Å². The molecule has 1 atom stereocenters. The predicted molar refractivity (Wildman–Crippen MR) is 35.4 cm³/mol. The summed E-state index contributed by atoms with van der Waals surface area (Å²) in [7, 11) is -0.449. The van der Waals surface area contributed by atoms with Gasteiger partial charge in [0.25, 0.3) is 0 Å². The van der Waals surface area contributed by atoms with Gasteiger partial charge in [0.2, 0.25) is 0 Å². The van der Waals surface area contributed by atoms with Gasteiger partial charge in [-0.05, 0) is 13.6 Å². The summed E-state index contributed by atoms with van der Waals surface area (Å²) in [6, 6.07) is 0. The van der Waals surface area contributed by atoms with Crippen molar-refractivity contribution >= 4 is 14.4 Å². The highest BCUT2D eigenvalue weighted by atomic mass is 31.1. The Bertz CT molecular complexity index is 65.4. The maximum Gasteiger partial charge on any atom is 0.126 e. The van der Waals surface area contributed by atoms with Crippen molar-refractivity contribution in [3.05, 3.63) is 0 Å². The maximum absolute atomic E-state index is 9.83. The average Bonchev–Trinajstić information content (AvgIpc) is 1.68. The molecule has 0 aliphatic rings. The van der Waals surface area contributed by atoms with Crippen molar-refractivity contribution in [2.45, 2.75) is 6.92 Å². The van der Waals surface area contributed by atoms with E-state index in [4.69, 9.17) is 4.52 Å². The van der Waals surface area contributed by atoms with Gasteiger partial charge in [0.15, 0.2) is 0 Å². The molecule has 0 aromatic rings. The summed E-state index contributed by atoms with van der Waals surface area (Å²) < 4.78 is 5.12. The van der Waals surface area contributed by atoms with Crippen LogP contribution in [0, 0.1) is 0 Å². The SMILES string of the molecule is CCOP(C)CC=O. The van der Waals surface area contributed by atoms with E-state index in [1.54, 1.807) is 0 Å². The molecule has 0 aliphatic heterocycles. The standard InChI is InChI=1S/C5H11O2P/c1-3-7-8(2)5-4-6/h4H,3,5H2,1-2H3. The van der Waals surface area contributed by atoms with Gasteiger partial charge in [-0.15, -0.1) is 0 Å². The molecule has 1 unspecified atom stereocenters. The Morgan fingerprint density at radius 1 is 1.75 bits per heavy atom. The molecular formula is C5H11O2P. The van der Waals surface area contributed by atoms with E-state index in [0.717, 1.165) is 12.9 Å². The number of carbonyl (C=O) groups excluding carboxylic acids is 1. The summed E-state index contributed by atoms with van der Waals surface area (Å²) in [5, 5.41) is 0. The number of rotatable bonds is 4. The molecular weight excluding hydrogens is 123 g/mol. The van der Waals surface area contributed by atoms with E-state index in [1.807, 2.05) is 13.6 Å². The van der Waals surface area contributed by atoms with Crippen LogP contribution in [0.5, 0.6) is 0 Å². The fourth-order valence-electron chi connectivity index (χ4n) is 0.378. The van der Waals surface area contributed by atoms with Crippen LogP contribution in [-0.4, -0.2) is 25.7 Å². The second kappa shape index (κ2) is 5.20. The molecule has 0 saturated carbocycles. The second-order valence-electron chi connectivity index (χ2n) is 1.39. The van der Waals surface area contributed by atoms with Crippen molar-refractivity contribution in [1.82, 2.24) is 0 Å². The molecule has 0 rings (SSSR count). The topological polar surface area (TPSA) is 26.3 Å². The summed E-state index contributed by atoms with van der Waals surface area (Å²) >= 11 is 0. The van der Waals surface area contributed by atoms with E-state index in [9.17, 15) is 4.79 Å². The third-order valence-electron chi connectivity index (χ3n) is 0.681. The van der Waals surface area contributed by atoms with Gasteiger partial charge in [-0.3, -0.25) is 0 Å². The fourth-order valence-corrected chi connectivity index (χ4v) is 1.13. The molecule has 0 N–H and O–H groups in total. The summed E-state index contributed by atoms with van der Waals surface area (Å²) in [5.41, 5.74) is 0. The summed E-state index contributed by atoms with van der Waals surface area (Å²) in [6.07, 6.45) is 1.48.